The van der Waals surface area contributed by atoms with E-state index < -0.39 is 0 Å². The van der Waals surface area contributed by atoms with E-state index in [1.54, 1.807) is 6.20 Å². The molecule has 1 aliphatic heterocycles. The summed E-state index contributed by atoms with van der Waals surface area (Å²) in [6.45, 7) is 2.48. The van der Waals surface area contributed by atoms with Gasteiger partial charge in [0.1, 0.15) is 5.76 Å². The number of nitrogens with zero attached hydrogens (tertiary/aromatic N) is 4. The lowest BCUT2D eigenvalue weighted by Crippen LogP contribution is -2.38. The van der Waals surface area contributed by atoms with Crippen LogP contribution in [0.2, 0.25) is 0 Å². The molecule has 2 aliphatic rings. The minimum atomic E-state index is 0.0375. The minimum Gasteiger partial charge on any atom is -0.361 e. The van der Waals surface area contributed by atoms with Crippen LogP contribution in [0, 0.1) is 6.92 Å². The van der Waals surface area contributed by atoms with Gasteiger partial charge in [0.15, 0.2) is 0 Å². The first-order valence-corrected chi connectivity index (χ1v) is 8.08. The molecule has 23 heavy (non-hydrogen) atoms. The van der Waals surface area contributed by atoms with Gasteiger partial charge in [-0.05, 0) is 25.8 Å². The lowest BCUT2D eigenvalue weighted by atomic mass is 10.1. The predicted molar refractivity (Wildman–Crippen MR) is 82.3 cm³/mol. The summed E-state index contributed by atoms with van der Waals surface area (Å²) in [5.41, 5.74) is 1.94. The number of likely N-dealkylation sites (tertiary alicyclic amines) is 1. The Kier molecular flexibility index (Phi) is 3.45. The molecule has 1 aliphatic carbocycles. The highest BCUT2D eigenvalue weighted by Crippen LogP contribution is 2.41. The second-order valence-corrected chi connectivity index (χ2v) is 6.48. The molecule has 7 heteroatoms. The number of rotatable bonds is 5. The van der Waals surface area contributed by atoms with Crippen molar-refractivity contribution in [1.82, 2.24) is 25.2 Å². The average molecular weight is 315 g/mol. The molecule has 2 atom stereocenters. The van der Waals surface area contributed by atoms with Gasteiger partial charge in [-0.2, -0.15) is 5.10 Å². The number of carbonyl (C=O) groups excluding carboxylic acids is 1. The zero-order chi connectivity index (χ0) is 16.0. The molecule has 2 aromatic rings. The molecule has 7 nitrogen and oxygen atoms in total. The van der Waals surface area contributed by atoms with Gasteiger partial charge < -0.3 is 14.7 Å². The molecule has 122 valence electrons. The van der Waals surface area contributed by atoms with Crippen LogP contribution in [-0.4, -0.2) is 37.8 Å². The Morgan fingerprint density at radius 1 is 1.43 bits per heavy atom. The van der Waals surface area contributed by atoms with E-state index in [9.17, 15) is 4.79 Å². The molecule has 4 rings (SSSR count). The quantitative estimate of drug-likeness (QED) is 0.900. The molecule has 1 saturated heterocycles. The Bertz CT molecular complexity index is 718. The van der Waals surface area contributed by atoms with E-state index >= 15 is 0 Å². The summed E-state index contributed by atoms with van der Waals surface area (Å²) in [7, 11) is 1.93. The maximum absolute atomic E-state index is 12.5. The van der Waals surface area contributed by atoms with Gasteiger partial charge in [-0.15, -0.1) is 0 Å². The van der Waals surface area contributed by atoms with Gasteiger partial charge in [0, 0.05) is 44.4 Å². The number of carbonyl (C=O) groups is 1. The van der Waals surface area contributed by atoms with Gasteiger partial charge in [-0.3, -0.25) is 9.48 Å². The summed E-state index contributed by atoms with van der Waals surface area (Å²) >= 11 is 0. The fraction of sp³-hybridized carbons (Fsp3) is 0.562. The van der Waals surface area contributed by atoms with Crippen molar-refractivity contribution in [2.45, 2.75) is 50.9 Å². The Hall–Kier alpha value is -2.15. The maximum Gasteiger partial charge on any atom is 0.225 e. The van der Waals surface area contributed by atoms with Crippen molar-refractivity contribution in [3.63, 3.8) is 0 Å². The Labute approximate surface area is 134 Å². The molecule has 1 saturated carbocycles. The summed E-state index contributed by atoms with van der Waals surface area (Å²) in [6, 6.07) is 4.42. The number of hydrogen-bond donors (Lipinski definition) is 1. The fourth-order valence-electron chi connectivity index (χ4n) is 3.48. The Morgan fingerprint density at radius 2 is 2.26 bits per heavy atom. The number of aromatic nitrogens is 3. The van der Waals surface area contributed by atoms with Crippen LogP contribution in [0.25, 0.3) is 0 Å². The highest BCUT2D eigenvalue weighted by molar-refractivity contribution is 5.81. The third-order valence-corrected chi connectivity index (χ3v) is 4.69. The van der Waals surface area contributed by atoms with Crippen molar-refractivity contribution >= 4 is 5.91 Å². The highest BCUT2D eigenvalue weighted by Gasteiger charge is 2.48. The number of hydrogen-bond acceptors (Lipinski definition) is 5. The van der Waals surface area contributed by atoms with Gasteiger partial charge in [0.05, 0.1) is 17.4 Å². The second kappa shape index (κ2) is 5.49. The van der Waals surface area contributed by atoms with Crippen LogP contribution in [-0.2, 0) is 18.4 Å². The molecule has 1 N–H and O–H groups in total. The Morgan fingerprint density at radius 3 is 2.87 bits per heavy atom. The Balaban J connectivity index is 1.56. The fourth-order valence-corrected chi connectivity index (χ4v) is 3.48. The molecule has 2 aromatic heterocycles. The summed E-state index contributed by atoms with van der Waals surface area (Å²) in [6.07, 6.45) is 4.52. The number of aryl methyl sites for hydroxylation is 2. The maximum atomic E-state index is 12.5. The summed E-state index contributed by atoms with van der Waals surface area (Å²) < 4.78 is 6.98. The molecular weight excluding hydrogens is 294 g/mol. The molecule has 0 spiro atoms. The zero-order valence-corrected chi connectivity index (χ0v) is 13.4. The van der Waals surface area contributed by atoms with Crippen molar-refractivity contribution in [2.24, 2.45) is 7.05 Å². The predicted octanol–water partition coefficient (Wildman–Crippen LogP) is 1.31. The number of amides is 1. The van der Waals surface area contributed by atoms with E-state index in [1.807, 2.05) is 30.8 Å². The second-order valence-electron chi connectivity index (χ2n) is 6.48. The number of nitrogens with one attached hydrogen (secondary N) is 1. The van der Waals surface area contributed by atoms with Gasteiger partial charge in [-0.25, -0.2) is 0 Å². The monoisotopic (exact) mass is 315 g/mol. The molecule has 0 bridgehead atoms. The van der Waals surface area contributed by atoms with E-state index in [2.05, 4.69) is 20.5 Å². The third kappa shape index (κ3) is 2.65. The first kappa shape index (κ1) is 14.4. The smallest absolute Gasteiger partial charge is 0.225 e. The summed E-state index contributed by atoms with van der Waals surface area (Å²) in [5.74, 6) is 1.03. The van der Waals surface area contributed by atoms with Crippen LogP contribution in [0.4, 0.5) is 0 Å². The normalized spacial score (nSPS) is 24.6. The zero-order valence-electron chi connectivity index (χ0n) is 13.4. The van der Waals surface area contributed by atoms with Crippen LogP contribution < -0.4 is 5.32 Å². The van der Waals surface area contributed by atoms with Crippen LogP contribution in [0.5, 0.6) is 0 Å². The molecule has 0 radical (unpaired) electrons. The molecule has 0 unspecified atom stereocenters. The van der Waals surface area contributed by atoms with Crippen molar-refractivity contribution in [3.8, 4) is 0 Å². The van der Waals surface area contributed by atoms with Crippen molar-refractivity contribution in [1.29, 1.82) is 0 Å². The van der Waals surface area contributed by atoms with Crippen LogP contribution in [0.1, 0.15) is 42.5 Å². The summed E-state index contributed by atoms with van der Waals surface area (Å²) in [5, 5.41) is 11.8. The van der Waals surface area contributed by atoms with Crippen LogP contribution >= 0.6 is 0 Å². The van der Waals surface area contributed by atoms with E-state index in [0.717, 1.165) is 30.0 Å². The largest absolute Gasteiger partial charge is 0.361 e. The lowest BCUT2D eigenvalue weighted by Gasteiger charge is -2.28. The highest BCUT2D eigenvalue weighted by atomic mass is 16.5. The summed E-state index contributed by atoms with van der Waals surface area (Å²) in [4.78, 5) is 14.6. The van der Waals surface area contributed by atoms with Crippen molar-refractivity contribution in [2.75, 3.05) is 0 Å². The molecule has 3 heterocycles. The van der Waals surface area contributed by atoms with Crippen molar-refractivity contribution < 1.29 is 9.32 Å². The first-order chi connectivity index (χ1) is 11.1. The standard InChI is InChI=1S/C16H21N5O2/c1-10-7-11(19-23-10)9-17-13-8-15(22)21(12-3-4-12)16(13)14-5-6-18-20(14)2/h5-7,12-13,16-17H,3-4,8-9H2,1-2H3/t13-,16-/m1/s1. The van der Waals surface area contributed by atoms with Crippen molar-refractivity contribution in [3.05, 3.63) is 35.5 Å². The van der Waals surface area contributed by atoms with E-state index in [1.165, 1.54) is 0 Å². The lowest BCUT2D eigenvalue weighted by molar-refractivity contribution is -0.129. The molecule has 2 fully saturated rings. The van der Waals surface area contributed by atoms with Crippen LogP contribution in [0.15, 0.2) is 22.9 Å². The van der Waals surface area contributed by atoms with E-state index in [4.69, 9.17) is 4.52 Å². The van der Waals surface area contributed by atoms with E-state index in [0.29, 0.717) is 19.0 Å². The van der Waals surface area contributed by atoms with Crippen LogP contribution in [0.3, 0.4) is 0 Å². The molecule has 0 aromatic carbocycles. The molecule has 1 amide bonds. The van der Waals surface area contributed by atoms with Gasteiger partial charge in [-0.1, -0.05) is 5.16 Å². The average Bonchev–Trinajstić information content (AvgIpc) is 2.98. The first-order valence-electron chi connectivity index (χ1n) is 8.08. The minimum absolute atomic E-state index is 0.0375. The molecular formula is C16H21N5O2. The topological polar surface area (TPSA) is 76.2 Å². The SMILES string of the molecule is Cc1cc(CN[C@@H]2CC(=O)N(C3CC3)[C@H]2c2ccnn2C)no1. The third-order valence-electron chi connectivity index (χ3n) is 4.69. The van der Waals surface area contributed by atoms with E-state index in [-0.39, 0.29) is 18.0 Å². The van der Waals surface area contributed by atoms with Gasteiger partial charge in [0.2, 0.25) is 5.91 Å². The van der Waals surface area contributed by atoms with Gasteiger partial charge in [0.25, 0.3) is 0 Å². The van der Waals surface area contributed by atoms with Gasteiger partial charge >= 0.3 is 0 Å².